The average molecular weight is 311 g/mol. The quantitative estimate of drug-likeness (QED) is 0.868. The number of rotatable bonds is 4. The maximum atomic E-state index is 12.9. The SMILES string of the molecule is Cc1nn(C)cc1C(=O)N1CCCCC1CCc1ccccc1. The summed E-state index contributed by atoms with van der Waals surface area (Å²) >= 11 is 0. The van der Waals surface area contributed by atoms with Crippen LogP contribution in [0.25, 0.3) is 0 Å². The number of aryl methyl sites for hydroxylation is 3. The topological polar surface area (TPSA) is 38.1 Å². The van der Waals surface area contributed by atoms with Crippen molar-refractivity contribution in [1.82, 2.24) is 14.7 Å². The van der Waals surface area contributed by atoms with Gasteiger partial charge in [0.2, 0.25) is 0 Å². The van der Waals surface area contributed by atoms with E-state index in [-0.39, 0.29) is 5.91 Å². The van der Waals surface area contributed by atoms with Gasteiger partial charge in [-0.05, 0) is 44.6 Å². The van der Waals surface area contributed by atoms with Crippen molar-refractivity contribution in [3.05, 3.63) is 53.3 Å². The van der Waals surface area contributed by atoms with Gasteiger partial charge in [-0.3, -0.25) is 9.48 Å². The van der Waals surface area contributed by atoms with Crippen LogP contribution in [0.1, 0.15) is 47.3 Å². The van der Waals surface area contributed by atoms with Crippen molar-refractivity contribution in [3.63, 3.8) is 0 Å². The summed E-state index contributed by atoms with van der Waals surface area (Å²) in [5.74, 6) is 0.147. The number of carbonyl (C=O) groups excluding carboxylic acids is 1. The number of likely N-dealkylation sites (tertiary alicyclic amines) is 1. The molecule has 1 saturated heterocycles. The van der Waals surface area contributed by atoms with E-state index in [0.29, 0.717) is 6.04 Å². The molecule has 2 aromatic rings. The molecular formula is C19H25N3O. The maximum Gasteiger partial charge on any atom is 0.257 e. The summed E-state index contributed by atoms with van der Waals surface area (Å²) < 4.78 is 1.73. The largest absolute Gasteiger partial charge is 0.336 e. The van der Waals surface area contributed by atoms with Crippen molar-refractivity contribution in [2.24, 2.45) is 7.05 Å². The van der Waals surface area contributed by atoms with Crippen LogP contribution in [0.5, 0.6) is 0 Å². The van der Waals surface area contributed by atoms with Gasteiger partial charge in [0.1, 0.15) is 0 Å². The monoisotopic (exact) mass is 311 g/mol. The molecule has 1 aliphatic heterocycles. The van der Waals surface area contributed by atoms with Gasteiger partial charge in [-0.1, -0.05) is 30.3 Å². The van der Waals surface area contributed by atoms with Crippen molar-refractivity contribution >= 4 is 5.91 Å². The van der Waals surface area contributed by atoms with Crippen LogP contribution in [0.4, 0.5) is 0 Å². The molecule has 4 heteroatoms. The number of aromatic nitrogens is 2. The van der Waals surface area contributed by atoms with E-state index in [1.165, 1.54) is 12.0 Å². The first-order chi connectivity index (χ1) is 11.1. The highest BCUT2D eigenvalue weighted by molar-refractivity contribution is 5.95. The molecular weight excluding hydrogens is 286 g/mol. The van der Waals surface area contributed by atoms with E-state index in [2.05, 4.69) is 34.3 Å². The third-order valence-electron chi connectivity index (χ3n) is 4.74. The predicted octanol–water partition coefficient (Wildman–Crippen LogP) is 3.36. The fraction of sp³-hybridized carbons (Fsp3) is 0.474. The number of hydrogen-bond acceptors (Lipinski definition) is 2. The molecule has 1 fully saturated rings. The van der Waals surface area contributed by atoms with Crippen molar-refractivity contribution < 1.29 is 4.79 Å². The number of hydrogen-bond donors (Lipinski definition) is 0. The second kappa shape index (κ2) is 6.99. The third-order valence-corrected chi connectivity index (χ3v) is 4.74. The Bertz CT molecular complexity index is 663. The zero-order valence-electron chi connectivity index (χ0n) is 14.0. The molecule has 0 radical (unpaired) electrons. The average Bonchev–Trinajstić information content (AvgIpc) is 2.92. The molecule has 0 bridgehead atoms. The molecule has 0 spiro atoms. The molecule has 1 amide bonds. The molecule has 1 unspecified atom stereocenters. The second-order valence-corrected chi connectivity index (χ2v) is 6.47. The summed E-state index contributed by atoms with van der Waals surface area (Å²) in [7, 11) is 1.87. The fourth-order valence-corrected chi connectivity index (χ4v) is 3.51. The fourth-order valence-electron chi connectivity index (χ4n) is 3.51. The smallest absolute Gasteiger partial charge is 0.257 e. The summed E-state index contributed by atoms with van der Waals surface area (Å²) in [5, 5.41) is 4.31. The molecule has 1 aliphatic rings. The third kappa shape index (κ3) is 3.63. The molecule has 0 aliphatic carbocycles. The number of nitrogens with zero attached hydrogens (tertiary/aromatic N) is 3. The van der Waals surface area contributed by atoms with E-state index in [0.717, 1.165) is 43.5 Å². The number of amides is 1. The Morgan fingerprint density at radius 1 is 1.26 bits per heavy atom. The minimum Gasteiger partial charge on any atom is -0.336 e. The van der Waals surface area contributed by atoms with Gasteiger partial charge < -0.3 is 4.90 Å². The van der Waals surface area contributed by atoms with Crippen molar-refractivity contribution in [3.8, 4) is 0 Å². The van der Waals surface area contributed by atoms with Crippen LogP contribution in [0.15, 0.2) is 36.5 Å². The number of carbonyl (C=O) groups is 1. The Morgan fingerprint density at radius 2 is 2.04 bits per heavy atom. The Morgan fingerprint density at radius 3 is 2.74 bits per heavy atom. The lowest BCUT2D eigenvalue weighted by Gasteiger charge is -2.36. The zero-order chi connectivity index (χ0) is 16.2. The van der Waals surface area contributed by atoms with Crippen LogP contribution >= 0.6 is 0 Å². The van der Waals surface area contributed by atoms with E-state index in [9.17, 15) is 4.79 Å². The van der Waals surface area contributed by atoms with Crippen LogP contribution in [-0.2, 0) is 13.5 Å². The van der Waals surface area contributed by atoms with Crippen LogP contribution in [0.2, 0.25) is 0 Å². The molecule has 1 aromatic carbocycles. The Balaban J connectivity index is 1.71. The predicted molar refractivity (Wildman–Crippen MR) is 91.4 cm³/mol. The van der Waals surface area contributed by atoms with E-state index in [1.54, 1.807) is 4.68 Å². The second-order valence-electron chi connectivity index (χ2n) is 6.47. The zero-order valence-corrected chi connectivity index (χ0v) is 14.0. The van der Waals surface area contributed by atoms with Gasteiger partial charge in [-0.2, -0.15) is 5.10 Å². The highest BCUT2D eigenvalue weighted by Gasteiger charge is 2.28. The van der Waals surface area contributed by atoms with Gasteiger partial charge in [-0.15, -0.1) is 0 Å². The summed E-state index contributed by atoms with van der Waals surface area (Å²) in [4.78, 5) is 15.0. The van der Waals surface area contributed by atoms with Crippen LogP contribution in [0, 0.1) is 6.92 Å². The first-order valence-electron chi connectivity index (χ1n) is 8.50. The standard InChI is InChI=1S/C19H25N3O/c1-15-18(14-21(2)20-15)19(23)22-13-7-6-10-17(22)12-11-16-8-4-3-5-9-16/h3-5,8-9,14,17H,6-7,10-13H2,1-2H3. The Hall–Kier alpha value is -2.10. The van der Waals surface area contributed by atoms with E-state index in [1.807, 2.05) is 26.2 Å². The minimum absolute atomic E-state index is 0.147. The molecule has 1 atom stereocenters. The lowest BCUT2D eigenvalue weighted by molar-refractivity contribution is 0.0601. The molecule has 23 heavy (non-hydrogen) atoms. The summed E-state index contributed by atoms with van der Waals surface area (Å²) in [5.41, 5.74) is 2.92. The molecule has 3 rings (SSSR count). The Labute approximate surface area is 138 Å². The van der Waals surface area contributed by atoms with Crippen molar-refractivity contribution in [1.29, 1.82) is 0 Å². The van der Waals surface area contributed by atoms with Crippen LogP contribution < -0.4 is 0 Å². The first-order valence-corrected chi connectivity index (χ1v) is 8.50. The van der Waals surface area contributed by atoms with Crippen molar-refractivity contribution in [2.45, 2.75) is 45.1 Å². The first kappa shape index (κ1) is 15.8. The normalized spacial score (nSPS) is 18.2. The Kier molecular flexibility index (Phi) is 4.79. The van der Waals surface area contributed by atoms with Gasteiger partial charge in [0.05, 0.1) is 11.3 Å². The van der Waals surface area contributed by atoms with E-state index in [4.69, 9.17) is 0 Å². The maximum absolute atomic E-state index is 12.9. The molecule has 0 saturated carbocycles. The van der Waals surface area contributed by atoms with Gasteiger partial charge in [0.25, 0.3) is 5.91 Å². The summed E-state index contributed by atoms with van der Waals surface area (Å²) in [6.45, 7) is 2.78. The molecule has 122 valence electrons. The highest BCUT2D eigenvalue weighted by atomic mass is 16.2. The lowest BCUT2D eigenvalue weighted by atomic mass is 9.95. The number of benzene rings is 1. The van der Waals surface area contributed by atoms with Gasteiger partial charge >= 0.3 is 0 Å². The summed E-state index contributed by atoms with van der Waals surface area (Å²) in [6, 6.07) is 10.9. The highest BCUT2D eigenvalue weighted by Crippen LogP contribution is 2.24. The van der Waals surface area contributed by atoms with Gasteiger partial charge in [0, 0.05) is 25.8 Å². The summed E-state index contributed by atoms with van der Waals surface area (Å²) in [6.07, 6.45) is 7.34. The minimum atomic E-state index is 0.147. The van der Waals surface area contributed by atoms with E-state index < -0.39 is 0 Å². The van der Waals surface area contributed by atoms with Crippen LogP contribution in [0.3, 0.4) is 0 Å². The molecule has 1 aromatic heterocycles. The molecule has 0 N–H and O–H groups in total. The number of piperidine rings is 1. The van der Waals surface area contributed by atoms with Crippen LogP contribution in [-0.4, -0.2) is 33.2 Å². The van der Waals surface area contributed by atoms with E-state index >= 15 is 0 Å². The molecule has 4 nitrogen and oxygen atoms in total. The van der Waals surface area contributed by atoms with Gasteiger partial charge in [0.15, 0.2) is 0 Å². The van der Waals surface area contributed by atoms with Crippen molar-refractivity contribution in [2.75, 3.05) is 6.54 Å². The van der Waals surface area contributed by atoms with Gasteiger partial charge in [-0.25, -0.2) is 0 Å². The lowest BCUT2D eigenvalue weighted by Crippen LogP contribution is -2.44. The molecule has 2 heterocycles.